The molecule has 0 radical (unpaired) electrons. The van der Waals surface area contributed by atoms with Gasteiger partial charge in [-0.3, -0.25) is 0 Å². The van der Waals surface area contributed by atoms with Crippen molar-refractivity contribution in [2.24, 2.45) is 4.99 Å². The van der Waals surface area contributed by atoms with Crippen LogP contribution in [0.5, 0.6) is 12.0 Å². The average Bonchev–Trinajstić information content (AvgIpc) is 2.17. The van der Waals surface area contributed by atoms with Gasteiger partial charge < -0.3 is 19.9 Å². The molecule has 0 aromatic carbocycles. The maximum absolute atomic E-state index is 8.25. The summed E-state index contributed by atoms with van der Waals surface area (Å²) in [6, 6.07) is 1.66. The highest BCUT2D eigenvalue weighted by Crippen LogP contribution is 2.13. The molecule has 0 amide bonds. The standard InChI is InChI=1S/C6H6N5O2/c1-12-5-9-4(8-3-7)10-6(11-5)13-2/h1-2H3/q-1. The van der Waals surface area contributed by atoms with Crippen molar-refractivity contribution in [3.8, 4) is 12.0 Å². The number of aliphatic imine (C=N–C) groups is 1. The molecular formula is C6H6N5O2-. The molecule has 1 aromatic heterocycles. The Bertz CT molecular complexity index is 325. The number of methoxy groups -OCH3 is 2. The van der Waals surface area contributed by atoms with Crippen molar-refractivity contribution in [3.63, 3.8) is 0 Å². The van der Waals surface area contributed by atoms with Crippen LogP contribution in [0.15, 0.2) is 4.99 Å². The normalized spacial score (nSPS) is 8.77. The molecule has 0 fully saturated rings. The fraction of sp³-hybridized carbons (Fsp3) is 0.333. The highest BCUT2D eigenvalue weighted by Gasteiger charge is 2.01. The van der Waals surface area contributed by atoms with Crippen LogP contribution >= 0.6 is 0 Å². The molecule has 0 spiro atoms. The lowest BCUT2D eigenvalue weighted by Gasteiger charge is -2.03. The molecular weight excluding hydrogens is 174 g/mol. The molecule has 0 N–H and O–H groups in total. The fourth-order valence-corrected chi connectivity index (χ4v) is 0.605. The highest BCUT2D eigenvalue weighted by atomic mass is 16.5. The van der Waals surface area contributed by atoms with E-state index in [2.05, 4.69) is 19.9 Å². The van der Waals surface area contributed by atoms with E-state index in [1.807, 2.05) is 0 Å². The second-order valence-electron chi connectivity index (χ2n) is 1.82. The van der Waals surface area contributed by atoms with Gasteiger partial charge >= 0.3 is 12.0 Å². The van der Waals surface area contributed by atoms with E-state index in [1.54, 1.807) is 6.01 Å². The first kappa shape index (κ1) is 9.08. The Morgan fingerprint density at radius 3 is 2.08 bits per heavy atom. The molecule has 0 unspecified atom stereocenters. The Morgan fingerprint density at radius 1 is 1.15 bits per heavy atom. The van der Waals surface area contributed by atoms with E-state index >= 15 is 0 Å². The van der Waals surface area contributed by atoms with Gasteiger partial charge in [-0.15, -0.1) is 11.0 Å². The summed E-state index contributed by atoms with van der Waals surface area (Å²) in [6.45, 7) is 0. The van der Waals surface area contributed by atoms with Gasteiger partial charge in [-0.25, -0.2) is 0 Å². The van der Waals surface area contributed by atoms with Gasteiger partial charge in [-0.1, -0.05) is 0 Å². The highest BCUT2D eigenvalue weighted by molar-refractivity contribution is 5.50. The van der Waals surface area contributed by atoms with Crippen LogP contribution in [0.2, 0.25) is 0 Å². The number of aromatic nitrogens is 3. The molecule has 0 aliphatic heterocycles. The van der Waals surface area contributed by atoms with Crippen molar-refractivity contribution in [2.75, 3.05) is 14.2 Å². The maximum Gasteiger partial charge on any atom is 0.322 e. The van der Waals surface area contributed by atoms with E-state index in [0.29, 0.717) is 0 Å². The summed E-state index contributed by atoms with van der Waals surface area (Å²) in [5.74, 6) is -0.0359. The second kappa shape index (κ2) is 4.13. The monoisotopic (exact) mass is 180 g/mol. The molecule has 0 aliphatic rings. The van der Waals surface area contributed by atoms with Gasteiger partial charge in [0.15, 0.2) is 5.95 Å². The van der Waals surface area contributed by atoms with Gasteiger partial charge in [0.2, 0.25) is 0 Å². The van der Waals surface area contributed by atoms with Crippen molar-refractivity contribution >= 4 is 12.0 Å². The van der Waals surface area contributed by atoms with Crippen molar-refractivity contribution in [2.45, 2.75) is 0 Å². The lowest BCUT2D eigenvalue weighted by atomic mass is 10.9. The van der Waals surface area contributed by atoms with Crippen molar-refractivity contribution in [1.29, 1.82) is 0 Å². The van der Waals surface area contributed by atoms with Crippen molar-refractivity contribution in [3.05, 3.63) is 5.41 Å². The molecule has 13 heavy (non-hydrogen) atoms. The third-order valence-corrected chi connectivity index (χ3v) is 1.10. The molecule has 1 aromatic rings. The molecule has 1 heterocycles. The van der Waals surface area contributed by atoms with Crippen LogP contribution < -0.4 is 9.47 Å². The fourth-order valence-electron chi connectivity index (χ4n) is 0.605. The van der Waals surface area contributed by atoms with Crippen LogP contribution in [0, 0.1) is 0 Å². The minimum absolute atomic E-state index is 0.0359. The van der Waals surface area contributed by atoms with Crippen LogP contribution in [-0.2, 0) is 0 Å². The molecule has 1 rings (SSSR count). The molecule has 7 nitrogen and oxygen atoms in total. The summed E-state index contributed by atoms with van der Waals surface area (Å²) in [5, 5.41) is 8.25. The van der Waals surface area contributed by atoms with E-state index in [1.165, 1.54) is 14.2 Å². The summed E-state index contributed by atoms with van der Waals surface area (Å²) in [6.07, 6.45) is 0. The minimum Gasteiger partial charge on any atom is -0.467 e. The zero-order chi connectivity index (χ0) is 9.68. The predicted molar refractivity (Wildman–Crippen MR) is 43.4 cm³/mol. The van der Waals surface area contributed by atoms with Gasteiger partial charge in [0.1, 0.15) is 0 Å². The molecule has 0 saturated heterocycles. The van der Waals surface area contributed by atoms with Gasteiger partial charge in [-0.05, 0) is 0 Å². The predicted octanol–water partition coefficient (Wildman–Crippen LogP) is 0.264. The van der Waals surface area contributed by atoms with Crippen LogP contribution in [0.1, 0.15) is 0 Å². The van der Waals surface area contributed by atoms with E-state index in [-0.39, 0.29) is 18.0 Å². The maximum atomic E-state index is 8.25. The third-order valence-electron chi connectivity index (χ3n) is 1.10. The zero-order valence-corrected chi connectivity index (χ0v) is 7.05. The van der Waals surface area contributed by atoms with Crippen LogP contribution in [0.25, 0.3) is 5.41 Å². The number of hydrogen-bond acceptors (Lipinski definition) is 6. The summed E-state index contributed by atoms with van der Waals surface area (Å²) in [5.41, 5.74) is 0. The zero-order valence-electron chi connectivity index (χ0n) is 7.05. The Morgan fingerprint density at radius 2 is 1.69 bits per heavy atom. The number of nitrogens with zero attached hydrogens (tertiary/aromatic N) is 5. The molecule has 0 bridgehead atoms. The molecule has 68 valence electrons. The Labute approximate surface area is 74.0 Å². The van der Waals surface area contributed by atoms with E-state index in [0.717, 1.165) is 0 Å². The van der Waals surface area contributed by atoms with E-state index < -0.39 is 0 Å². The van der Waals surface area contributed by atoms with Crippen LogP contribution in [-0.4, -0.2) is 35.2 Å². The SMILES string of the molecule is COc1nc(N=C=[N-])nc(OC)n1. The molecule has 0 aliphatic carbocycles. The first-order valence-electron chi connectivity index (χ1n) is 3.24. The second-order valence-corrected chi connectivity index (χ2v) is 1.82. The van der Waals surface area contributed by atoms with Gasteiger partial charge in [0, 0.05) is 0 Å². The molecule has 0 saturated carbocycles. The molecule has 0 atom stereocenters. The van der Waals surface area contributed by atoms with Crippen molar-refractivity contribution in [1.82, 2.24) is 15.0 Å². The first-order chi connectivity index (χ1) is 6.30. The lowest BCUT2D eigenvalue weighted by molar-refractivity contribution is 0.341. The lowest BCUT2D eigenvalue weighted by Crippen LogP contribution is -1.97. The van der Waals surface area contributed by atoms with Crippen molar-refractivity contribution < 1.29 is 9.47 Å². The summed E-state index contributed by atoms with van der Waals surface area (Å²) >= 11 is 0. The van der Waals surface area contributed by atoms with Gasteiger partial charge in [0.05, 0.1) is 14.2 Å². The largest absolute Gasteiger partial charge is 0.467 e. The number of hydrogen-bond donors (Lipinski definition) is 0. The molecule has 7 heteroatoms. The first-order valence-corrected chi connectivity index (χ1v) is 3.24. The number of rotatable bonds is 3. The Hall–Kier alpha value is -2.01. The summed E-state index contributed by atoms with van der Waals surface area (Å²) in [4.78, 5) is 14.4. The Kier molecular flexibility index (Phi) is 2.88. The topological polar surface area (TPSA) is 91.8 Å². The van der Waals surface area contributed by atoms with Gasteiger partial charge in [-0.2, -0.15) is 9.97 Å². The number of ether oxygens (including phenoxy) is 2. The average molecular weight is 180 g/mol. The quantitative estimate of drug-likeness (QED) is 0.622. The summed E-state index contributed by atoms with van der Waals surface area (Å²) < 4.78 is 9.46. The summed E-state index contributed by atoms with van der Waals surface area (Å²) in [7, 11) is 2.79. The van der Waals surface area contributed by atoms with E-state index in [9.17, 15) is 0 Å². The smallest absolute Gasteiger partial charge is 0.322 e. The van der Waals surface area contributed by atoms with Crippen LogP contribution in [0.4, 0.5) is 5.95 Å². The minimum atomic E-state index is -0.0359. The van der Waals surface area contributed by atoms with Crippen LogP contribution in [0.3, 0.4) is 0 Å². The van der Waals surface area contributed by atoms with Gasteiger partial charge in [0.25, 0.3) is 0 Å². The van der Waals surface area contributed by atoms with E-state index in [4.69, 9.17) is 14.9 Å². The Balaban J connectivity index is 3.14. The third kappa shape index (κ3) is 2.21.